The van der Waals surface area contributed by atoms with Crippen LogP contribution in [0, 0.1) is 0 Å². The zero-order valence-corrected chi connectivity index (χ0v) is 8.62. The van der Waals surface area contributed by atoms with Crippen LogP contribution < -0.4 is 5.73 Å². The Kier molecular flexibility index (Phi) is 3.45. The van der Waals surface area contributed by atoms with Gasteiger partial charge in [0.2, 0.25) is 0 Å². The van der Waals surface area contributed by atoms with Crippen LogP contribution in [0.3, 0.4) is 0 Å². The van der Waals surface area contributed by atoms with Gasteiger partial charge >= 0.3 is 0 Å². The van der Waals surface area contributed by atoms with Crippen molar-refractivity contribution in [2.45, 2.75) is 20.0 Å². The highest BCUT2D eigenvalue weighted by molar-refractivity contribution is 5.16. The summed E-state index contributed by atoms with van der Waals surface area (Å²) >= 11 is 0. The van der Waals surface area contributed by atoms with Crippen molar-refractivity contribution in [2.75, 3.05) is 13.6 Å². The van der Waals surface area contributed by atoms with Crippen molar-refractivity contribution in [3.05, 3.63) is 17.5 Å². The molecule has 0 radical (unpaired) electrons. The van der Waals surface area contributed by atoms with Crippen molar-refractivity contribution < 1.29 is 0 Å². The molecule has 0 bridgehead atoms. The molecule has 0 atom stereocenters. The molecule has 0 aliphatic rings. The van der Waals surface area contributed by atoms with E-state index < -0.39 is 0 Å². The van der Waals surface area contributed by atoms with E-state index in [-0.39, 0.29) is 0 Å². The predicted octanol–water partition coefficient (Wildman–Crippen LogP) is 0.330. The number of aromatic nitrogens is 2. The van der Waals surface area contributed by atoms with Crippen molar-refractivity contribution in [2.24, 2.45) is 12.8 Å². The van der Waals surface area contributed by atoms with Gasteiger partial charge in [-0.15, -0.1) is 0 Å². The Labute approximate surface area is 79.3 Å². The Hall–Kier alpha value is -0.870. The molecule has 13 heavy (non-hydrogen) atoms. The monoisotopic (exact) mass is 182 g/mol. The fourth-order valence-corrected chi connectivity index (χ4v) is 1.25. The van der Waals surface area contributed by atoms with Crippen LogP contribution in [0.2, 0.25) is 0 Å². The molecule has 0 saturated carbocycles. The van der Waals surface area contributed by atoms with Crippen molar-refractivity contribution >= 4 is 0 Å². The van der Waals surface area contributed by atoms with Crippen LogP contribution in [-0.2, 0) is 20.1 Å². The van der Waals surface area contributed by atoms with Crippen LogP contribution in [0.5, 0.6) is 0 Å². The first-order valence-electron chi connectivity index (χ1n) is 4.57. The highest BCUT2D eigenvalue weighted by Crippen LogP contribution is 2.08. The predicted molar refractivity (Wildman–Crippen MR) is 53.1 cm³/mol. The quantitative estimate of drug-likeness (QED) is 0.730. The van der Waals surface area contributed by atoms with Gasteiger partial charge in [0.15, 0.2) is 0 Å². The van der Waals surface area contributed by atoms with Gasteiger partial charge in [0, 0.05) is 25.7 Å². The number of hydrogen-bond acceptors (Lipinski definition) is 3. The van der Waals surface area contributed by atoms with Gasteiger partial charge in [-0.1, -0.05) is 6.92 Å². The fourth-order valence-electron chi connectivity index (χ4n) is 1.25. The first-order valence-corrected chi connectivity index (χ1v) is 4.57. The van der Waals surface area contributed by atoms with Gasteiger partial charge in [0.25, 0.3) is 0 Å². The van der Waals surface area contributed by atoms with Gasteiger partial charge in [0.1, 0.15) is 0 Å². The minimum absolute atomic E-state index is 0.570. The minimum atomic E-state index is 0.570. The second-order valence-electron chi connectivity index (χ2n) is 3.27. The lowest BCUT2D eigenvalue weighted by Crippen LogP contribution is -2.20. The summed E-state index contributed by atoms with van der Waals surface area (Å²) in [6, 6.07) is 0. The minimum Gasteiger partial charge on any atom is -0.326 e. The molecule has 1 heterocycles. The summed E-state index contributed by atoms with van der Waals surface area (Å²) in [6.07, 6.45) is 1.85. The Morgan fingerprint density at radius 1 is 1.62 bits per heavy atom. The SMILES string of the molecule is CCN(C)Cc1c(CN)cnn1C. The number of aryl methyl sites for hydroxylation is 1. The summed E-state index contributed by atoms with van der Waals surface area (Å²) in [5.41, 5.74) is 7.97. The Morgan fingerprint density at radius 3 is 2.85 bits per heavy atom. The third kappa shape index (κ3) is 2.29. The van der Waals surface area contributed by atoms with E-state index in [0.717, 1.165) is 18.7 Å². The lowest BCUT2D eigenvalue weighted by Gasteiger charge is -2.14. The smallest absolute Gasteiger partial charge is 0.0565 e. The Balaban J connectivity index is 2.79. The summed E-state index contributed by atoms with van der Waals surface area (Å²) < 4.78 is 1.90. The third-order valence-corrected chi connectivity index (χ3v) is 2.33. The van der Waals surface area contributed by atoms with Crippen molar-refractivity contribution in [1.82, 2.24) is 14.7 Å². The van der Waals surface area contributed by atoms with Crippen LogP contribution in [0.15, 0.2) is 6.20 Å². The third-order valence-electron chi connectivity index (χ3n) is 2.33. The molecule has 1 rings (SSSR count). The first-order chi connectivity index (χ1) is 6.19. The van der Waals surface area contributed by atoms with E-state index in [9.17, 15) is 0 Å². The molecule has 4 nitrogen and oxygen atoms in total. The molecule has 0 spiro atoms. The summed E-state index contributed by atoms with van der Waals surface area (Å²) in [5.74, 6) is 0. The standard InChI is InChI=1S/C9H18N4/c1-4-12(2)7-9-8(5-10)6-11-13(9)3/h6H,4-5,7,10H2,1-3H3. The molecule has 4 heteroatoms. The maximum Gasteiger partial charge on any atom is 0.0565 e. The van der Waals surface area contributed by atoms with E-state index in [4.69, 9.17) is 5.73 Å². The van der Waals surface area contributed by atoms with Gasteiger partial charge in [-0.3, -0.25) is 4.68 Å². The highest BCUT2D eigenvalue weighted by Gasteiger charge is 2.08. The summed E-state index contributed by atoms with van der Waals surface area (Å²) in [5, 5.41) is 4.18. The van der Waals surface area contributed by atoms with Gasteiger partial charge in [-0.25, -0.2) is 0 Å². The number of hydrogen-bond donors (Lipinski definition) is 1. The molecule has 0 saturated heterocycles. The fraction of sp³-hybridized carbons (Fsp3) is 0.667. The second-order valence-corrected chi connectivity index (χ2v) is 3.27. The van der Waals surface area contributed by atoms with Gasteiger partial charge < -0.3 is 10.6 Å². The molecule has 0 amide bonds. The zero-order valence-electron chi connectivity index (χ0n) is 8.62. The number of nitrogens with zero attached hydrogens (tertiary/aromatic N) is 3. The second kappa shape index (κ2) is 4.39. The molecule has 1 aromatic rings. The van der Waals surface area contributed by atoms with E-state index in [1.54, 1.807) is 0 Å². The van der Waals surface area contributed by atoms with Gasteiger partial charge in [-0.2, -0.15) is 5.10 Å². The molecule has 0 aromatic carbocycles. The van der Waals surface area contributed by atoms with E-state index in [1.165, 1.54) is 5.69 Å². The van der Waals surface area contributed by atoms with E-state index in [1.807, 2.05) is 17.9 Å². The van der Waals surface area contributed by atoms with Crippen LogP contribution in [-0.4, -0.2) is 28.3 Å². The van der Waals surface area contributed by atoms with Gasteiger partial charge in [-0.05, 0) is 13.6 Å². The zero-order chi connectivity index (χ0) is 9.84. The average molecular weight is 182 g/mol. The Bertz CT molecular complexity index is 267. The molecule has 2 N–H and O–H groups in total. The maximum atomic E-state index is 5.61. The van der Waals surface area contributed by atoms with E-state index in [2.05, 4.69) is 24.0 Å². The van der Waals surface area contributed by atoms with E-state index >= 15 is 0 Å². The summed E-state index contributed by atoms with van der Waals surface area (Å²) in [7, 11) is 4.05. The van der Waals surface area contributed by atoms with Crippen molar-refractivity contribution in [3.8, 4) is 0 Å². The summed E-state index contributed by atoms with van der Waals surface area (Å²) in [4.78, 5) is 2.23. The summed E-state index contributed by atoms with van der Waals surface area (Å²) in [6.45, 7) is 4.66. The first kappa shape index (κ1) is 10.2. The van der Waals surface area contributed by atoms with Crippen LogP contribution in [0.4, 0.5) is 0 Å². The largest absolute Gasteiger partial charge is 0.326 e. The molecule has 74 valence electrons. The van der Waals surface area contributed by atoms with Crippen LogP contribution in [0.1, 0.15) is 18.2 Å². The van der Waals surface area contributed by atoms with Crippen LogP contribution in [0.25, 0.3) is 0 Å². The molecular weight excluding hydrogens is 164 g/mol. The molecule has 1 aromatic heterocycles. The molecule has 0 aliphatic heterocycles. The van der Waals surface area contributed by atoms with Crippen molar-refractivity contribution in [1.29, 1.82) is 0 Å². The highest BCUT2D eigenvalue weighted by atomic mass is 15.3. The van der Waals surface area contributed by atoms with Crippen LogP contribution >= 0.6 is 0 Å². The Morgan fingerprint density at radius 2 is 2.31 bits per heavy atom. The molecule has 0 aliphatic carbocycles. The molecular formula is C9H18N4. The van der Waals surface area contributed by atoms with E-state index in [0.29, 0.717) is 6.54 Å². The maximum absolute atomic E-state index is 5.61. The number of rotatable bonds is 4. The topological polar surface area (TPSA) is 47.1 Å². The average Bonchev–Trinajstić information content (AvgIpc) is 2.48. The van der Waals surface area contributed by atoms with Gasteiger partial charge in [0.05, 0.1) is 11.9 Å². The van der Waals surface area contributed by atoms with Crippen molar-refractivity contribution in [3.63, 3.8) is 0 Å². The molecule has 0 fully saturated rings. The lowest BCUT2D eigenvalue weighted by molar-refractivity contribution is 0.333. The lowest BCUT2D eigenvalue weighted by atomic mass is 10.2. The molecule has 0 unspecified atom stereocenters. The normalized spacial score (nSPS) is 11.2. The number of nitrogens with two attached hydrogens (primary N) is 1.